The summed E-state index contributed by atoms with van der Waals surface area (Å²) >= 11 is 0. The first-order chi connectivity index (χ1) is 11.5. The second-order valence-electron chi connectivity index (χ2n) is 4.89. The Bertz CT molecular complexity index is 780. The van der Waals surface area contributed by atoms with Crippen LogP contribution in [-0.4, -0.2) is 25.0 Å². The molecule has 126 valence electrons. The monoisotopic (exact) mass is 333 g/mol. The number of carbonyl (C=O) groups excluding carboxylic acids is 1. The molecule has 0 heterocycles. The summed E-state index contributed by atoms with van der Waals surface area (Å²) in [5.74, 6) is -0.811. The maximum Gasteiger partial charge on any atom is 0.270 e. The van der Waals surface area contributed by atoms with Gasteiger partial charge >= 0.3 is 0 Å². The Morgan fingerprint density at radius 3 is 2.62 bits per heavy atom. The van der Waals surface area contributed by atoms with Gasteiger partial charge in [0.05, 0.1) is 17.6 Å². The van der Waals surface area contributed by atoms with E-state index >= 15 is 0 Å². The van der Waals surface area contributed by atoms with Gasteiger partial charge in [-0.15, -0.1) is 0 Å². The molecule has 0 aliphatic carbocycles. The number of methoxy groups -OCH3 is 1. The highest BCUT2D eigenvalue weighted by atomic mass is 19.1. The van der Waals surface area contributed by atoms with Crippen LogP contribution in [0.1, 0.15) is 15.9 Å². The zero-order valence-electron chi connectivity index (χ0n) is 13.1. The van der Waals surface area contributed by atoms with Crippen molar-refractivity contribution in [3.63, 3.8) is 0 Å². The minimum absolute atomic E-state index is 0.139. The summed E-state index contributed by atoms with van der Waals surface area (Å²) in [6.45, 7) is 0.239. The molecule has 0 saturated carbocycles. The van der Waals surface area contributed by atoms with E-state index in [0.717, 1.165) is 0 Å². The molecular formula is C16H16FN3O4. The molecule has 0 bridgehead atoms. The number of halogens is 1. The predicted molar refractivity (Wildman–Crippen MR) is 86.8 cm³/mol. The number of nitro groups is 1. The van der Waals surface area contributed by atoms with Gasteiger partial charge in [0.1, 0.15) is 0 Å². The van der Waals surface area contributed by atoms with Crippen molar-refractivity contribution in [3.05, 3.63) is 63.5 Å². The number of rotatable bonds is 6. The minimum Gasteiger partial charge on any atom is -0.494 e. The molecule has 0 radical (unpaired) electrons. The second kappa shape index (κ2) is 7.40. The number of ether oxygens (including phenoxy) is 1. The largest absolute Gasteiger partial charge is 0.494 e. The van der Waals surface area contributed by atoms with Crippen molar-refractivity contribution < 1.29 is 18.8 Å². The number of amides is 1. The van der Waals surface area contributed by atoms with Crippen molar-refractivity contribution in [2.24, 2.45) is 0 Å². The molecule has 0 saturated heterocycles. The zero-order valence-corrected chi connectivity index (χ0v) is 13.1. The van der Waals surface area contributed by atoms with Gasteiger partial charge in [0, 0.05) is 31.4 Å². The maximum absolute atomic E-state index is 13.7. The van der Waals surface area contributed by atoms with Crippen LogP contribution in [0.4, 0.5) is 15.8 Å². The molecule has 0 aromatic heterocycles. The first kappa shape index (κ1) is 17.2. The molecule has 0 aliphatic rings. The zero-order chi connectivity index (χ0) is 17.7. The van der Waals surface area contributed by atoms with Crippen LogP contribution in [0.15, 0.2) is 36.4 Å². The van der Waals surface area contributed by atoms with E-state index in [4.69, 9.17) is 4.74 Å². The van der Waals surface area contributed by atoms with Crippen molar-refractivity contribution in [1.29, 1.82) is 0 Å². The van der Waals surface area contributed by atoms with Gasteiger partial charge in [-0.2, -0.15) is 0 Å². The van der Waals surface area contributed by atoms with E-state index < -0.39 is 16.6 Å². The predicted octanol–water partition coefficient (Wildman–Crippen LogP) is 2.71. The third-order valence-corrected chi connectivity index (χ3v) is 3.38. The maximum atomic E-state index is 13.7. The second-order valence-corrected chi connectivity index (χ2v) is 4.89. The van der Waals surface area contributed by atoms with E-state index in [1.165, 1.54) is 44.5 Å². The van der Waals surface area contributed by atoms with Gasteiger partial charge in [0.15, 0.2) is 11.6 Å². The van der Waals surface area contributed by atoms with Gasteiger partial charge in [0.25, 0.3) is 11.6 Å². The Balaban J connectivity index is 2.24. The SMILES string of the molecule is CNC(=O)c1cc([N+](=O)[O-])ccc1NCc1ccc(OC)c(F)c1. The van der Waals surface area contributed by atoms with E-state index in [0.29, 0.717) is 11.3 Å². The molecule has 2 aromatic rings. The lowest BCUT2D eigenvalue weighted by Gasteiger charge is -2.12. The number of nitrogens with zero attached hydrogens (tertiary/aromatic N) is 1. The van der Waals surface area contributed by atoms with Crippen LogP contribution < -0.4 is 15.4 Å². The van der Waals surface area contributed by atoms with Crippen LogP contribution in [0, 0.1) is 15.9 Å². The van der Waals surface area contributed by atoms with Gasteiger partial charge in [-0.1, -0.05) is 6.07 Å². The highest BCUT2D eigenvalue weighted by molar-refractivity contribution is 6.00. The summed E-state index contributed by atoms with van der Waals surface area (Å²) in [5.41, 5.74) is 1.00. The van der Waals surface area contributed by atoms with E-state index in [1.807, 2.05) is 0 Å². The van der Waals surface area contributed by atoms with Gasteiger partial charge < -0.3 is 15.4 Å². The van der Waals surface area contributed by atoms with Crippen LogP contribution in [0.25, 0.3) is 0 Å². The Kier molecular flexibility index (Phi) is 5.31. The molecule has 8 heteroatoms. The molecule has 0 spiro atoms. The van der Waals surface area contributed by atoms with Crippen molar-refractivity contribution in [3.8, 4) is 5.75 Å². The van der Waals surface area contributed by atoms with E-state index in [-0.39, 0.29) is 23.5 Å². The number of nitrogens with one attached hydrogen (secondary N) is 2. The summed E-state index contributed by atoms with van der Waals surface area (Å²) in [5, 5.41) is 16.3. The molecule has 2 aromatic carbocycles. The topological polar surface area (TPSA) is 93.5 Å². The Hall–Kier alpha value is -3.16. The van der Waals surface area contributed by atoms with E-state index in [1.54, 1.807) is 6.07 Å². The molecule has 2 N–H and O–H groups in total. The molecule has 0 atom stereocenters. The summed E-state index contributed by atoms with van der Waals surface area (Å²) in [7, 11) is 2.81. The van der Waals surface area contributed by atoms with Crippen molar-refractivity contribution in [2.75, 3.05) is 19.5 Å². The summed E-state index contributed by atoms with van der Waals surface area (Å²) in [6, 6.07) is 8.43. The fourth-order valence-electron chi connectivity index (χ4n) is 2.14. The van der Waals surface area contributed by atoms with Crippen LogP contribution >= 0.6 is 0 Å². The third-order valence-electron chi connectivity index (χ3n) is 3.38. The standard InChI is InChI=1S/C16H16FN3O4/c1-18-16(21)12-8-11(20(22)23)4-5-14(12)19-9-10-3-6-15(24-2)13(17)7-10/h3-8,19H,9H2,1-2H3,(H,18,21). The summed E-state index contributed by atoms with van der Waals surface area (Å²) in [6.07, 6.45) is 0. The number of anilines is 1. The van der Waals surface area contributed by atoms with Crippen LogP contribution in [0.5, 0.6) is 5.75 Å². The molecular weight excluding hydrogens is 317 g/mol. The highest BCUT2D eigenvalue weighted by Gasteiger charge is 2.16. The first-order valence-corrected chi connectivity index (χ1v) is 7.03. The number of nitro benzene ring substituents is 1. The molecule has 7 nitrogen and oxygen atoms in total. The highest BCUT2D eigenvalue weighted by Crippen LogP contribution is 2.24. The molecule has 0 fully saturated rings. The molecule has 24 heavy (non-hydrogen) atoms. The van der Waals surface area contributed by atoms with Crippen molar-refractivity contribution in [2.45, 2.75) is 6.54 Å². The lowest BCUT2D eigenvalue weighted by atomic mass is 10.1. The Morgan fingerprint density at radius 1 is 1.29 bits per heavy atom. The van der Waals surface area contributed by atoms with Gasteiger partial charge in [-0.05, 0) is 23.8 Å². The van der Waals surface area contributed by atoms with Crippen LogP contribution in [-0.2, 0) is 6.54 Å². The van der Waals surface area contributed by atoms with E-state index in [2.05, 4.69) is 10.6 Å². The number of hydrogen-bond donors (Lipinski definition) is 2. The Labute approximate surface area is 137 Å². The first-order valence-electron chi connectivity index (χ1n) is 7.03. The molecule has 2 rings (SSSR count). The van der Waals surface area contributed by atoms with Crippen LogP contribution in [0.3, 0.4) is 0 Å². The van der Waals surface area contributed by atoms with Gasteiger partial charge in [-0.3, -0.25) is 14.9 Å². The fourth-order valence-corrected chi connectivity index (χ4v) is 2.14. The summed E-state index contributed by atoms with van der Waals surface area (Å²) < 4.78 is 18.5. The molecule has 0 unspecified atom stereocenters. The Morgan fingerprint density at radius 2 is 2.04 bits per heavy atom. The van der Waals surface area contributed by atoms with Crippen molar-refractivity contribution in [1.82, 2.24) is 5.32 Å². The smallest absolute Gasteiger partial charge is 0.270 e. The molecule has 1 amide bonds. The number of hydrogen-bond acceptors (Lipinski definition) is 5. The average Bonchev–Trinajstić information content (AvgIpc) is 2.59. The third kappa shape index (κ3) is 3.78. The number of non-ortho nitro benzene ring substituents is 1. The van der Waals surface area contributed by atoms with E-state index in [9.17, 15) is 19.3 Å². The minimum atomic E-state index is -0.574. The summed E-state index contributed by atoms with van der Waals surface area (Å²) in [4.78, 5) is 22.2. The molecule has 0 aliphatic heterocycles. The number of benzene rings is 2. The van der Waals surface area contributed by atoms with Crippen molar-refractivity contribution >= 4 is 17.3 Å². The quantitative estimate of drug-likeness (QED) is 0.626. The normalized spacial score (nSPS) is 10.1. The lowest BCUT2D eigenvalue weighted by Crippen LogP contribution is -2.20. The lowest BCUT2D eigenvalue weighted by molar-refractivity contribution is -0.384. The number of carbonyl (C=O) groups is 1. The van der Waals surface area contributed by atoms with Gasteiger partial charge in [-0.25, -0.2) is 4.39 Å². The van der Waals surface area contributed by atoms with Crippen LogP contribution in [0.2, 0.25) is 0 Å². The average molecular weight is 333 g/mol. The fraction of sp³-hybridized carbons (Fsp3) is 0.188. The van der Waals surface area contributed by atoms with Gasteiger partial charge in [0.2, 0.25) is 0 Å².